The van der Waals surface area contributed by atoms with Crippen LogP contribution >= 0.6 is 0 Å². The van der Waals surface area contributed by atoms with Gasteiger partial charge < -0.3 is 29.2 Å². The smallest absolute Gasteiger partial charge is 0.314 e. The molecule has 10 heteroatoms. The van der Waals surface area contributed by atoms with Crippen LogP contribution in [-0.2, 0) is 9.59 Å². The summed E-state index contributed by atoms with van der Waals surface area (Å²) in [5.74, 6) is 1.73. The molecule has 274 valence electrons. The molecule has 2 aromatic rings. The first-order chi connectivity index (χ1) is 24.4. The van der Waals surface area contributed by atoms with Gasteiger partial charge in [0, 0.05) is 13.2 Å². The van der Waals surface area contributed by atoms with Gasteiger partial charge in [0.25, 0.3) is 0 Å². The van der Waals surface area contributed by atoms with Crippen LogP contribution in [0.3, 0.4) is 0 Å². The third-order valence-corrected chi connectivity index (χ3v) is 10.2. The highest BCUT2D eigenvalue weighted by Crippen LogP contribution is 2.42. The first-order valence-corrected chi connectivity index (χ1v) is 18.5. The lowest BCUT2D eigenvalue weighted by atomic mass is 9.69. The molecule has 0 spiro atoms. The number of rotatable bonds is 21. The average molecular weight is 695 g/mol. The number of aldehydes is 2. The summed E-state index contributed by atoms with van der Waals surface area (Å²) in [7, 11) is 0. The van der Waals surface area contributed by atoms with E-state index in [9.17, 15) is 19.2 Å². The fourth-order valence-electron chi connectivity index (χ4n) is 7.18. The number of ether oxygens (including phenoxy) is 4. The van der Waals surface area contributed by atoms with Gasteiger partial charge in [0.15, 0.2) is 12.6 Å². The molecule has 2 N–H and O–H groups in total. The van der Waals surface area contributed by atoms with E-state index in [0.29, 0.717) is 71.7 Å². The minimum Gasteiger partial charge on any atom is -0.493 e. The van der Waals surface area contributed by atoms with Crippen LogP contribution < -0.4 is 18.9 Å². The monoisotopic (exact) mass is 694 g/mol. The van der Waals surface area contributed by atoms with Crippen LogP contribution in [0.2, 0.25) is 0 Å². The Morgan fingerprint density at radius 3 is 1.30 bits per heavy atom. The molecule has 10 nitrogen and oxygen atoms in total. The molecular formula is C40H54O10. The molecule has 2 fully saturated rings. The Kier molecular flexibility index (Phi) is 16.7. The SMILES string of the molecule is O=Cc1cc(OC(=O)C2CCC(C3CCC(C(=O)Oc4ccc(OCCCCCCO)c(C=O)c4)CC3)CC2)ccc1OCCCCCCO. The Labute approximate surface area is 295 Å². The second-order valence-electron chi connectivity index (χ2n) is 13.7. The number of benzene rings is 2. The predicted octanol–water partition coefficient (Wildman–Crippen LogP) is 7.30. The minimum absolute atomic E-state index is 0.183. The molecular weight excluding hydrogens is 640 g/mol. The summed E-state index contributed by atoms with van der Waals surface area (Å²) in [6, 6.07) is 9.77. The number of aliphatic hydroxyl groups excluding tert-OH is 2. The van der Waals surface area contributed by atoms with Crippen LogP contribution in [0.1, 0.15) is 123 Å². The van der Waals surface area contributed by atoms with E-state index in [-0.39, 0.29) is 37.0 Å². The quantitative estimate of drug-likeness (QED) is 0.0591. The molecule has 4 rings (SSSR count). The van der Waals surface area contributed by atoms with Gasteiger partial charge in [-0.2, -0.15) is 0 Å². The van der Waals surface area contributed by atoms with E-state index in [0.717, 1.165) is 103 Å². The Hall–Kier alpha value is -3.76. The molecule has 0 amide bonds. The zero-order valence-corrected chi connectivity index (χ0v) is 29.2. The van der Waals surface area contributed by atoms with Crippen molar-refractivity contribution in [2.45, 2.75) is 103 Å². The molecule has 0 unspecified atom stereocenters. The first-order valence-electron chi connectivity index (χ1n) is 18.5. The minimum atomic E-state index is -0.268. The van der Waals surface area contributed by atoms with Gasteiger partial charge in [-0.1, -0.05) is 12.8 Å². The van der Waals surface area contributed by atoms with Crippen LogP contribution in [0.15, 0.2) is 36.4 Å². The largest absolute Gasteiger partial charge is 0.493 e. The first kappa shape index (κ1) is 39.0. The highest BCUT2D eigenvalue weighted by atomic mass is 16.5. The fourth-order valence-corrected chi connectivity index (χ4v) is 7.18. The van der Waals surface area contributed by atoms with Crippen LogP contribution in [-0.4, -0.2) is 61.2 Å². The van der Waals surface area contributed by atoms with Crippen molar-refractivity contribution in [2.75, 3.05) is 26.4 Å². The van der Waals surface area contributed by atoms with Crippen LogP contribution in [0.5, 0.6) is 23.0 Å². The van der Waals surface area contributed by atoms with Crippen molar-refractivity contribution in [3.05, 3.63) is 47.5 Å². The summed E-state index contributed by atoms with van der Waals surface area (Å²) in [6.45, 7) is 1.33. The Morgan fingerprint density at radius 1 is 0.560 bits per heavy atom. The van der Waals surface area contributed by atoms with Gasteiger partial charge in [-0.05, 0) is 138 Å². The standard InChI is InChI=1S/C40H54O10/c41-21-5-1-3-7-23-47-37-19-17-35(25-33(37)27-43)49-39(45)31-13-9-29(10-14-31)30-11-15-32(16-12-30)40(46)50-36-18-20-38(34(26-36)28-44)48-24-8-4-2-6-22-42/h17-20,25-32,41-42H,1-16,21-24H2. The molecule has 50 heavy (non-hydrogen) atoms. The molecule has 0 radical (unpaired) electrons. The molecule has 2 aliphatic carbocycles. The summed E-state index contributed by atoms with van der Waals surface area (Å²) in [5.41, 5.74) is 0.694. The van der Waals surface area contributed by atoms with Crippen molar-refractivity contribution in [3.63, 3.8) is 0 Å². The summed E-state index contributed by atoms with van der Waals surface area (Å²) < 4.78 is 22.9. The van der Waals surface area contributed by atoms with Crippen molar-refractivity contribution in [1.29, 1.82) is 0 Å². The van der Waals surface area contributed by atoms with E-state index in [2.05, 4.69) is 0 Å². The summed E-state index contributed by atoms with van der Waals surface area (Å²) in [4.78, 5) is 49.3. The third kappa shape index (κ3) is 12.2. The zero-order chi connectivity index (χ0) is 35.6. The van der Waals surface area contributed by atoms with Gasteiger partial charge in [0.1, 0.15) is 23.0 Å². The van der Waals surface area contributed by atoms with Gasteiger partial charge >= 0.3 is 11.9 Å². The molecule has 2 aliphatic rings. The summed E-state index contributed by atoms with van der Waals surface area (Å²) in [6.07, 6.45) is 15.2. The van der Waals surface area contributed by atoms with Crippen LogP contribution in [0.25, 0.3) is 0 Å². The van der Waals surface area contributed by atoms with Gasteiger partial charge in [-0.3, -0.25) is 19.2 Å². The number of carbonyl (C=O) groups excluding carboxylic acids is 4. The molecule has 2 aromatic carbocycles. The Balaban J connectivity index is 1.16. The zero-order valence-electron chi connectivity index (χ0n) is 29.2. The maximum atomic E-state index is 13.0. The van der Waals surface area contributed by atoms with Crippen molar-refractivity contribution in [1.82, 2.24) is 0 Å². The van der Waals surface area contributed by atoms with Crippen molar-refractivity contribution in [3.8, 4) is 23.0 Å². The van der Waals surface area contributed by atoms with Gasteiger partial charge in [-0.15, -0.1) is 0 Å². The number of hydrogen-bond donors (Lipinski definition) is 2. The predicted molar refractivity (Wildman–Crippen MR) is 188 cm³/mol. The number of carbonyl (C=O) groups is 4. The summed E-state index contributed by atoms with van der Waals surface area (Å²) >= 11 is 0. The van der Waals surface area contributed by atoms with E-state index in [1.54, 1.807) is 36.4 Å². The maximum absolute atomic E-state index is 13.0. The van der Waals surface area contributed by atoms with Gasteiger partial charge in [0.05, 0.1) is 36.2 Å². The molecule has 0 bridgehead atoms. The average Bonchev–Trinajstić information content (AvgIpc) is 3.15. The van der Waals surface area contributed by atoms with E-state index in [1.807, 2.05) is 0 Å². The van der Waals surface area contributed by atoms with E-state index < -0.39 is 0 Å². The molecule has 0 atom stereocenters. The number of esters is 2. The van der Waals surface area contributed by atoms with Crippen molar-refractivity contribution in [2.24, 2.45) is 23.7 Å². The fraction of sp³-hybridized carbons (Fsp3) is 0.600. The maximum Gasteiger partial charge on any atom is 0.314 e. The second-order valence-corrected chi connectivity index (χ2v) is 13.7. The molecule has 0 saturated heterocycles. The second kappa shape index (κ2) is 21.5. The third-order valence-electron chi connectivity index (χ3n) is 10.2. The van der Waals surface area contributed by atoms with Gasteiger partial charge in [-0.25, -0.2) is 0 Å². The molecule has 0 aromatic heterocycles. The molecule has 0 aliphatic heterocycles. The highest BCUT2D eigenvalue weighted by molar-refractivity contribution is 5.82. The Morgan fingerprint density at radius 2 is 0.940 bits per heavy atom. The number of unbranched alkanes of at least 4 members (excludes halogenated alkanes) is 6. The topological polar surface area (TPSA) is 146 Å². The number of hydrogen-bond acceptors (Lipinski definition) is 10. The van der Waals surface area contributed by atoms with E-state index in [4.69, 9.17) is 29.2 Å². The van der Waals surface area contributed by atoms with Crippen LogP contribution in [0, 0.1) is 23.7 Å². The normalized spacial score (nSPS) is 20.4. The highest BCUT2D eigenvalue weighted by Gasteiger charge is 2.35. The number of aliphatic hydroxyl groups is 2. The lowest BCUT2D eigenvalue weighted by Crippen LogP contribution is -2.32. The lowest BCUT2D eigenvalue weighted by Gasteiger charge is -2.36. The molecule has 0 heterocycles. The molecule has 2 saturated carbocycles. The van der Waals surface area contributed by atoms with Gasteiger partial charge in [0.2, 0.25) is 0 Å². The Bertz CT molecular complexity index is 1250. The van der Waals surface area contributed by atoms with E-state index in [1.165, 1.54) is 0 Å². The van der Waals surface area contributed by atoms with Crippen LogP contribution in [0.4, 0.5) is 0 Å². The summed E-state index contributed by atoms with van der Waals surface area (Å²) in [5, 5.41) is 17.8. The van der Waals surface area contributed by atoms with Crippen molar-refractivity contribution >= 4 is 24.5 Å². The lowest BCUT2D eigenvalue weighted by molar-refractivity contribution is -0.142. The van der Waals surface area contributed by atoms with E-state index >= 15 is 0 Å². The van der Waals surface area contributed by atoms with Crippen molar-refractivity contribution < 1.29 is 48.3 Å².